The van der Waals surface area contributed by atoms with E-state index in [1.54, 1.807) is 0 Å². The molecule has 19 heavy (non-hydrogen) atoms. The Morgan fingerprint density at radius 2 is 2.26 bits per heavy atom. The second kappa shape index (κ2) is 6.42. The fourth-order valence-corrected chi connectivity index (χ4v) is 1.59. The van der Waals surface area contributed by atoms with Gasteiger partial charge in [-0.3, -0.25) is 0 Å². The smallest absolute Gasteiger partial charge is 0.147 e. The van der Waals surface area contributed by atoms with Gasteiger partial charge in [0.2, 0.25) is 0 Å². The Balaban J connectivity index is 2.36. The molecule has 0 aliphatic carbocycles. The number of ether oxygens (including phenoxy) is 1. The van der Waals surface area contributed by atoms with Gasteiger partial charge in [-0.1, -0.05) is 15.9 Å². The second-order valence-electron chi connectivity index (χ2n) is 3.53. The SMILES string of the molecule is Fc1ccc(C(=Cn2cncn2)OCCBr)c(F)c1. The molecule has 1 aromatic heterocycles. The van der Waals surface area contributed by atoms with Crippen LogP contribution >= 0.6 is 15.9 Å². The van der Waals surface area contributed by atoms with Gasteiger partial charge in [-0.05, 0) is 12.1 Å². The standard InChI is InChI=1S/C12H10BrF2N3O/c13-3-4-19-12(6-18-8-16-7-17-18)10-2-1-9(14)5-11(10)15/h1-2,5-8H,3-4H2. The van der Waals surface area contributed by atoms with E-state index in [9.17, 15) is 8.78 Å². The van der Waals surface area contributed by atoms with E-state index in [2.05, 4.69) is 26.0 Å². The molecule has 0 bridgehead atoms. The first-order valence-electron chi connectivity index (χ1n) is 5.41. The van der Waals surface area contributed by atoms with E-state index in [-0.39, 0.29) is 11.3 Å². The van der Waals surface area contributed by atoms with Crippen LogP contribution in [0.3, 0.4) is 0 Å². The van der Waals surface area contributed by atoms with Gasteiger partial charge in [-0.15, -0.1) is 0 Å². The summed E-state index contributed by atoms with van der Waals surface area (Å²) in [5.74, 6) is -1.08. The Hall–Kier alpha value is -1.76. The molecule has 0 amide bonds. The minimum atomic E-state index is -0.694. The fraction of sp³-hybridized carbons (Fsp3) is 0.167. The quantitative estimate of drug-likeness (QED) is 0.625. The van der Waals surface area contributed by atoms with E-state index < -0.39 is 11.6 Å². The fourth-order valence-electron chi connectivity index (χ4n) is 1.43. The lowest BCUT2D eigenvalue weighted by Gasteiger charge is -2.10. The van der Waals surface area contributed by atoms with Crippen LogP contribution in [0.4, 0.5) is 8.78 Å². The van der Waals surface area contributed by atoms with Crippen molar-refractivity contribution in [2.45, 2.75) is 0 Å². The molecule has 2 aromatic rings. The first-order chi connectivity index (χ1) is 9.20. The maximum atomic E-state index is 13.7. The predicted molar refractivity (Wildman–Crippen MR) is 70.3 cm³/mol. The Kier molecular flexibility index (Phi) is 4.62. The van der Waals surface area contributed by atoms with Gasteiger partial charge >= 0.3 is 0 Å². The van der Waals surface area contributed by atoms with E-state index >= 15 is 0 Å². The number of aromatic nitrogens is 3. The van der Waals surface area contributed by atoms with Crippen molar-refractivity contribution >= 4 is 27.9 Å². The van der Waals surface area contributed by atoms with Gasteiger partial charge in [0, 0.05) is 11.4 Å². The zero-order valence-electron chi connectivity index (χ0n) is 9.76. The number of halogens is 3. The molecule has 0 spiro atoms. The van der Waals surface area contributed by atoms with Crippen molar-refractivity contribution in [1.82, 2.24) is 14.8 Å². The van der Waals surface area contributed by atoms with E-state index in [1.807, 2.05) is 0 Å². The number of nitrogens with zero attached hydrogens (tertiary/aromatic N) is 3. The van der Waals surface area contributed by atoms with Crippen molar-refractivity contribution in [2.75, 3.05) is 11.9 Å². The zero-order valence-corrected chi connectivity index (χ0v) is 11.3. The van der Waals surface area contributed by atoms with Gasteiger partial charge in [0.15, 0.2) is 0 Å². The summed E-state index contributed by atoms with van der Waals surface area (Å²) in [5, 5.41) is 4.47. The maximum absolute atomic E-state index is 13.7. The van der Waals surface area contributed by atoms with Gasteiger partial charge in [0.25, 0.3) is 0 Å². The molecule has 0 unspecified atom stereocenters. The first kappa shape index (κ1) is 13.7. The molecule has 0 aliphatic heterocycles. The summed E-state index contributed by atoms with van der Waals surface area (Å²) in [7, 11) is 0. The average molecular weight is 330 g/mol. The largest absolute Gasteiger partial charge is 0.490 e. The van der Waals surface area contributed by atoms with Crippen LogP contribution in [0.15, 0.2) is 30.9 Å². The summed E-state index contributed by atoms with van der Waals surface area (Å²) in [6.07, 6.45) is 4.27. The molecule has 0 aliphatic rings. The van der Waals surface area contributed by atoms with Crippen molar-refractivity contribution in [2.24, 2.45) is 0 Å². The number of hydrogen-bond acceptors (Lipinski definition) is 3. The number of hydrogen-bond donors (Lipinski definition) is 0. The summed E-state index contributed by atoms with van der Waals surface area (Å²) in [6, 6.07) is 3.30. The molecular formula is C12H10BrF2N3O. The molecule has 2 rings (SSSR count). The zero-order chi connectivity index (χ0) is 13.7. The predicted octanol–water partition coefficient (Wildman–Crippen LogP) is 2.92. The highest BCUT2D eigenvalue weighted by Crippen LogP contribution is 2.21. The molecule has 0 saturated carbocycles. The summed E-state index contributed by atoms with van der Waals surface area (Å²) in [5.41, 5.74) is 0.165. The van der Waals surface area contributed by atoms with Gasteiger partial charge < -0.3 is 4.74 Å². The van der Waals surface area contributed by atoms with Gasteiger partial charge in [0.1, 0.15) is 30.0 Å². The molecule has 0 fully saturated rings. The van der Waals surface area contributed by atoms with Crippen LogP contribution in [-0.4, -0.2) is 26.7 Å². The molecule has 4 nitrogen and oxygen atoms in total. The van der Waals surface area contributed by atoms with E-state index in [1.165, 1.54) is 35.7 Å². The third-order valence-electron chi connectivity index (χ3n) is 2.22. The van der Waals surface area contributed by atoms with Crippen LogP contribution in [0.25, 0.3) is 12.0 Å². The summed E-state index contributed by atoms with van der Waals surface area (Å²) in [4.78, 5) is 3.77. The lowest BCUT2D eigenvalue weighted by molar-refractivity contribution is 0.302. The van der Waals surface area contributed by atoms with Crippen molar-refractivity contribution < 1.29 is 13.5 Å². The molecular weight excluding hydrogens is 320 g/mol. The van der Waals surface area contributed by atoms with Crippen LogP contribution in [0, 0.1) is 11.6 Å². The number of alkyl halides is 1. The van der Waals surface area contributed by atoms with Crippen LogP contribution < -0.4 is 0 Å². The monoisotopic (exact) mass is 329 g/mol. The molecule has 100 valence electrons. The highest BCUT2D eigenvalue weighted by Gasteiger charge is 2.11. The van der Waals surface area contributed by atoms with Crippen LogP contribution in [0.2, 0.25) is 0 Å². The maximum Gasteiger partial charge on any atom is 0.147 e. The second-order valence-corrected chi connectivity index (χ2v) is 4.32. The molecule has 0 N–H and O–H groups in total. The molecule has 1 aromatic carbocycles. The molecule has 0 atom stereocenters. The van der Waals surface area contributed by atoms with Crippen molar-refractivity contribution in [3.05, 3.63) is 48.1 Å². The van der Waals surface area contributed by atoms with Gasteiger partial charge in [-0.25, -0.2) is 18.4 Å². The van der Waals surface area contributed by atoms with Crippen molar-refractivity contribution in [1.29, 1.82) is 0 Å². The first-order valence-corrected chi connectivity index (χ1v) is 6.53. The average Bonchev–Trinajstić information content (AvgIpc) is 2.88. The van der Waals surface area contributed by atoms with Crippen LogP contribution in [0.1, 0.15) is 5.56 Å². The summed E-state index contributed by atoms with van der Waals surface area (Å²) in [6.45, 7) is 0.345. The van der Waals surface area contributed by atoms with Crippen molar-refractivity contribution in [3.8, 4) is 0 Å². The van der Waals surface area contributed by atoms with E-state index in [0.29, 0.717) is 11.9 Å². The normalized spacial score (nSPS) is 11.6. The molecule has 1 heterocycles. The van der Waals surface area contributed by atoms with Crippen molar-refractivity contribution in [3.63, 3.8) is 0 Å². The summed E-state index contributed by atoms with van der Waals surface area (Å²) < 4.78 is 33.5. The van der Waals surface area contributed by atoms with Crippen LogP contribution in [-0.2, 0) is 4.74 Å². The topological polar surface area (TPSA) is 39.9 Å². The highest BCUT2D eigenvalue weighted by molar-refractivity contribution is 9.09. The Bertz CT molecular complexity index is 572. The van der Waals surface area contributed by atoms with E-state index in [0.717, 1.165) is 6.07 Å². The minimum Gasteiger partial charge on any atom is -0.490 e. The Morgan fingerprint density at radius 1 is 1.42 bits per heavy atom. The summed E-state index contributed by atoms with van der Waals surface area (Å²) >= 11 is 3.22. The lowest BCUT2D eigenvalue weighted by Crippen LogP contribution is -2.01. The third-order valence-corrected chi connectivity index (χ3v) is 2.54. The number of benzene rings is 1. The minimum absolute atomic E-state index is 0.165. The lowest BCUT2D eigenvalue weighted by atomic mass is 10.2. The number of rotatable bonds is 5. The van der Waals surface area contributed by atoms with E-state index in [4.69, 9.17) is 4.74 Å². The van der Waals surface area contributed by atoms with Gasteiger partial charge in [0.05, 0.1) is 18.4 Å². The Labute approximate surface area is 116 Å². The van der Waals surface area contributed by atoms with Gasteiger partial charge in [-0.2, -0.15) is 5.10 Å². The molecule has 0 saturated heterocycles. The molecule has 7 heteroatoms. The highest BCUT2D eigenvalue weighted by atomic mass is 79.9. The Morgan fingerprint density at radius 3 is 2.89 bits per heavy atom. The third kappa shape index (κ3) is 3.60. The van der Waals surface area contributed by atoms with Crippen LogP contribution in [0.5, 0.6) is 0 Å². The molecule has 0 radical (unpaired) electrons.